The van der Waals surface area contributed by atoms with Crippen molar-refractivity contribution in [2.24, 2.45) is 5.73 Å². The Morgan fingerprint density at radius 3 is 2.73 bits per heavy atom. The number of hydrogen-bond acceptors (Lipinski definition) is 4. The summed E-state index contributed by atoms with van der Waals surface area (Å²) in [5.74, 6) is 0.998. The van der Waals surface area contributed by atoms with Gasteiger partial charge in [0.1, 0.15) is 5.82 Å². The number of aromatic nitrogens is 1. The first kappa shape index (κ1) is 11.9. The lowest BCUT2D eigenvalue weighted by molar-refractivity contribution is 0.127. The van der Waals surface area contributed by atoms with E-state index in [1.54, 1.807) is 0 Å². The van der Waals surface area contributed by atoms with Crippen molar-refractivity contribution in [3.63, 3.8) is 0 Å². The van der Waals surface area contributed by atoms with Crippen LogP contribution in [0.5, 0.6) is 0 Å². The van der Waals surface area contributed by atoms with Crippen molar-refractivity contribution in [3.05, 3.63) is 23.9 Å². The molecular weight excluding hydrogens is 190 g/mol. The number of anilines is 1. The first-order chi connectivity index (χ1) is 7.31. The number of nitrogens with zero attached hydrogens (tertiary/aromatic N) is 2. The third-order valence-electron chi connectivity index (χ3n) is 2.28. The Morgan fingerprint density at radius 2 is 2.13 bits per heavy atom. The molecule has 4 nitrogen and oxygen atoms in total. The molecule has 0 saturated carbocycles. The first-order valence-electron chi connectivity index (χ1n) is 5.29. The number of ether oxygens (including phenoxy) is 1. The number of pyridine rings is 1. The molecule has 0 aliphatic heterocycles. The predicted molar refractivity (Wildman–Crippen MR) is 61.6 cm³/mol. The Balaban J connectivity index is 2.72. The van der Waals surface area contributed by atoms with E-state index in [0.29, 0.717) is 6.61 Å². The quantitative estimate of drug-likeness (QED) is 0.719. The molecule has 1 aromatic heterocycles. The maximum Gasteiger partial charge on any atom is 0.128 e. The van der Waals surface area contributed by atoms with Crippen LogP contribution in [0.1, 0.15) is 19.4 Å². The highest BCUT2D eigenvalue weighted by molar-refractivity contribution is 5.40. The minimum absolute atomic E-state index is 0.253. The molecular formula is C11H19N3O. The zero-order chi connectivity index (χ0) is 11.1. The van der Waals surface area contributed by atoms with Gasteiger partial charge < -0.3 is 15.4 Å². The van der Waals surface area contributed by atoms with E-state index in [4.69, 9.17) is 10.5 Å². The van der Waals surface area contributed by atoms with Gasteiger partial charge in [0.15, 0.2) is 0 Å². The van der Waals surface area contributed by atoms with Crippen LogP contribution in [0.4, 0.5) is 5.82 Å². The monoisotopic (exact) mass is 209 g/mol. The van der Waals surface area contributed by atoms with E-state index in [0.717, 1.165) is 24.5 Å². The average Bonchev–Trinajstić information content (AvgIpc) is 2.29. The van der Waals surface area contributed by atoms with Crippen LogP contribution < -0.4 is 10.6 Å². The highest BCUT2D eigenvalue weighted by atomic mass is 16.5. The molecule has 0 atom stereocenters. The van der Waals surface area contributed by atoms with Crippen LogP contribution in [0.25, 0.3) is 0 Å². The molecule has 0 spiro atoms. The van der Waals surface area contributed by atoms with E-state index in [1.807, 2.05) is 18.3 Å². The van der Waals surface area contributed by atoms with E-state index in [1.165, 1.54) is 0 Å². The molecule has 0 unspecified atom stereocenters. The minimum Gasteiger partial charge on any atom is -0.362 e. The SMILES string of the molecule is CCN(CC)c1cc(COCN)ccn1. The largest absolute Gasteiger partial charge is 0.362 e. The normalized spacial score (nSPS) is 10.3. The van der Waals surface area contributed by atoms with Gasteiger partial charge in [-0.3, -0.25) is 0 Å². The third-order valence-corrected chi connectivity index (χ3v) is 2.28. The summed E-state index contributed by atoms with van der Waals surface area (Å²) < 4.78 is 5.15. The van der Waals surface area contributed by atoms with Crippen molar-refractivity contribution in [1.82, 2.24) is 4.98 Å². The second kappa shape index (κ2) is 6.37. The van der Waals surface area contributed by atoms with Gasteiger partial charge in [-0.1, -0.05) is 0 Å². The Labute approximate surface area is 91.1 Å². The molecule has 4 heteroatoms. The van der Waals surface area contributed by atoms with Crippen LogP contribution in [0.15, 0.2) is 18.3 Å². The Hall–Kier alpha value is -1.13. The van der Waals surface area contributed by atoms with Gasteiger partial charge in [0, 0.05) is 19.3 Å². The highest BCUT2D eigenvalue weighted by Gasteiger charge is 2.03. The smallest absolute Gasteiger partial charge is 0.128 e. The van der Waals surface area contributed by atoms with Gasteiger partial charge in [0.25, 0.3) is 0 Å². The molecule has 1 heterocycles. The number of nitrogens with two attached hydrogens (primary N) is 1. The van der Waals surface area contributed by atoms with E-state index in [2.05, 4.69) is 23.7 Å². The fourth-order valence-corrected chi connectivity index (χ4v) is 1.45. The van der Waals surface area contributed by atoms with E-state index in [9.17, 15) is 0 Å². The molecule has 0 aromatic carbocycles. The molecule has 15 heavy (non-hydrogen) atoms. The molecule has 2 N–H and O–H groups in total. The van der Waals surface area contributed by atoms with Gasteiger partial charge in [0.05, 0.1) is 13.3 Å². The van der Waals surface area contributed by atoms with Gasteiger partial charge in [-0.05, 0) is 31.5 Å². The van der Waals surface area contributed by atoms with Crippen molar-refractivity contribution in [2.75, 3.05) is 24.7 Å². The molecule has 1 aromatic rings. The molecule has 0 radical (unpaired) electrons. The molecule has 0 bridgehead atoms. The van der Waals surface area contributed by atoms with Crippen molar-refractivity contribution >= 4 is 5.82 Å². The molecule has 1 rings (SSSR count). The molecule has 0 saturated heterocycles. The summed E-state index contributed by atoms with van der Waals surface area (Å²) in [5.41, 5.74) is 6.39. The number of hydrogen-bond donors (Lipinski definition) is 1. The summed E-state index contributed by atoms with van der Waals surface area (Å²) in [4.78, 5) is 6.53. The van der Waals surface area contributed by atoms with Crippen molar-refractivity contribution < 1.29 is 4.74 Å². The molecule has 0 amide bonds. The van der Waals surface area contributed by atoms with Gasteiger partial charge in [-0.2, -0.15) is 0 Å². The van der Waals surface area contributed by atoms with E-state index < -0.39 is 0 Å². The topological polar surface area (TPSA) is 51.4 Å². The lowest BCUT2D eigenvalue weighted by Gasteiger charge is -2.20. The van der Waals surface area contributed by atoms with Crippen molar-refractivity contribution in [1.29, 1.82) is 0 Å². The van der Waals surface area contributed by atoms with Crippen LogP contribution in [-0.4, -0.2) is 24.8 Å². The van der Waals surface area contributed by atoms with Gasteiger partial charge in [-0.15, -0.1) is 0 Å². The maximum absolute atomic E-state index is 5.28. The van der Waals surface area contributed by atoms with Crippen molar-refractivity contribution in [3.8, 4) is 0 Å². The summed E-state index contributed by atoms with van der Waals surface area (Å²) in [6, 6.07) is 3.99. The van der Waals surface area contributed by atoms with E-state index in [-0.39, 0.29) is 6.73 Å². The van der Waals surface area contributed by atoms with Gasteiger partial charge in [0.2, 0.25) is 0 Å². The zero-order valence-electron chi connectivity index (χ0n) is 9.44. The Bertz CT molecular complexity index is 287. The molecule has 0 aliphatic rings. The van der Waals surface area contributed by atoms with Crippen LogP contribution >= 0.6 is 0 Å². The summed E-state index contributed by atoms with van der Waals surface area (Å²) in [6.45, 7) is 6.97. The summed E-state index contributed by atoms with van der Waals surface area (Å²) in [7, 11) is 0. The second-order valence-electron chi connectivity index (χ2n) is 3.21. The van der Waals surface area contributed by atoms with Crippen LogP contribution in [0.3, 0.4) is 0 Å². The highest BCUT2D eigenvalue weighted by Crippen LogP contribution is 2.12. The third kappa shape index (κ3) is 3.49. The minimum atomic E-state index is 0.253. The summed E-state index contributed by atoms with van der Waals surface area (Å²) in [5, 5.41) is 0. The maximum atomic E-state index is 5.28. The van der Waals surface area contributed by atoms with Gasteiger partial charge >= 0.3 is 0 Å². The fraction of sp³-hybridized carbons (Fsp3) is 0.545. The Kier molecular flexibility index (Phi) is 5.07. The lowest BCUT2D eigenvalue weighted by Crippen LogP contribution is -2.23. The predicted octanol–water partition coefficient (Wildman–Crippen LogP) is 1.36. The van der Waals surface area contributed by atoms with Crippen LogP contribution in [-0.2, 0) is 11.3 Å². The zero-order valence-corrected chi connectivity index (χ0v) is 9.44. The fourth-order valence-electron chi connectivity index (χ4n) is 1.45. The molecule has 84 valence electrons. The van der Waals surface area contributed by atoms with Gasteiger partial charge in [-0.25, -0.2) is 4.98 Å². The standard InChI is InChI=1S/C11H19N3O/c1-3-14(4-2)11-7-10(5-6-13-11)8-15-9-12/h5-7H,3-4,8-9,12H2,1-2H3. The average molecular weight is 209 g/mol. The molecule has 0 aliphatic carbocycles. The summed E-state index contributed by atoms with van der Waals surface area (Å²) >= 11 is 0. The lowest BCUT2D eigenvalue weighted by atomic mass is 10.2. The molecule has 0 fully saturated rings. The number of rotatable bonds is 6. The van der Waals surface area contributed by atoms with E-state index >= 15 is 0 Å². The Morgan fingerprint density at radius 1 is 1.40 bits per heavy atom. The van der Waals surface area contributed by atoms with Crippen LogP contribution in [0.2, 0.25) is 0 Å². The van der Waals surface area contributed by atoms with Crippen molar-refractivity contribution in [2.45, 2.75) is 20.5 Å². The second-order valence-corrected chi connectivity index (χ2v) is 3.21. The summed E-state index contributed by atoms with van der Waals surface area (Å²) in [6.07, 6.45) is 1.81. The first-order valence-corrected chi connectivity index (χ1v) is 5.29. The van der Waals surface area contributed by atoms with Crippen LogP contribution in [0, 0.1) is 0 Å².